The molecule has 3 heteroatoms. The number of rotatable bonds is 6. The van der Waals surface area contributed by atoms with Crippen molar-refractivity contribution in [1.82, 2.24) is 9.80 Å². The molecule has 1 fully saturated rings. The molecule has 3 nitrogen and oxygen atoms in total. The van der Waals surface area contributed by atoms with Crippen molar-refractivity contribution in [3.8, 4) is 0 Å². The molecule has 1 aromatic rings. The molecule has 0 aromatic heterocycles. The average Bonchev–Trinajstić information content (AvgIpc) is 2.95. The molecule has 0 amide bonds. The van der Waals surface area contributed by atoms with Gasteiger partial charge in [0.25, 0.3) is 0 Å². The van der Waals surface area contributed by atoms with Crippen LogP contribution in [0.1, 0.15) is 31.2 Å². The summed E-state index contributed by atoms with van der Waals surface area (Å²) in [5, 5.41) is 0. The van der Waals surface area contributed by atoms with Gasteiger partial charge >= 0.3 is 0 Å². The Balaban J connectivity index is 1.93. The zero-order chi connectivity index (χ0) is 14.5. The first kappa shape index (κ1) is 15.5. The average molecular weight is 275 g/mol. The molecule has 1 heterocycles. The van der Waals surface area contributed by atoms with Gasteiger partial charge in [-0.3, -0.25) is 4.90 Å². The summed E-state index contributed by atoms with van der Waals surface area (Å²) in [6, 6.07) is 12.0. The summed E-state index contributed by atoms with van der Waals surface area (Å²) in [7, 11) is 4.36. The molecule has 1 aromatic carbocycles. The van der Waals surface area contributed by atoms with E-state index in [2.05, 4.69) is 61.2 Å². The second-order valence-electron chi connectivity index (χ2n) is 6.34. The predicted molar refractivity (Wildman–Crippen MR) is 86.0 cm³/mol. The van der Waals surface area contributed by atoms with Crippen molar-refractivity contribution < 1.29 is 0 Å². The molecule has 1 aliphatic rings. The number of hydrogen-bond acceptors (Lipinski definition) is 3. The van der Waals surface area contributed by atoms with Crippen LogP contribution in [0.3, 0.4) is 0 Å². The van der Waals surface area contributed by atoms with Crippen LogP contribution in [0.2, 0.25) is 0 Å². The zero-order valence-electron chi connectivity index (χ0n) is 13.1. The highest BCUT2D eigenvalue weighted by molar-refractivity contribution is 5.19. The minimum absolute atomic E-state index is 0.509. The van der Waals surface area contributed by atoms with Crippen LogP contribution in [0, 0.1) is 0 Å². The van der Waals surface area contributed by atoms with Gasteiger partial charge in [0.2, 0.25) is 0 Å². The number of nitrogens with zero attached hydrogens (tertiary/aromatic N) is 2. The molecular weight excluding hydrogens is 246 g/mol. The smallest absolute Gasteiger partial charge is 0.0229 e. The van der Waals surface area contributed by atoms with Crippen molar-refractivity contribution in [2.75, 3.05) is 33.7 Å². The molecule has 0 bridgehead atoms. The van der Waals surface area contributed by atoms with Crippen molar-refractivity contribution in [3.05, 3.63) is 35.9 Å². The Hall–Kier alpha value is -0.900. The SMILES string of the molecule is CC(CC(CN)N1CCC(N(C)C)C1)c1ccccc1. The van der Waals surface area contributed by atoms with E-state index in [1.807, 2.05) is 0 Å². The summed E-state index contributed by atoms with van der Waals surface area (Å²) < 4.78 is 0. The van der Waals surface area contributed by atoms with E-state index in [0.717, 1.165) is 19.5 Å². The largest absolute Gasteiger partial charge is 0.329 e. The van der Waals surface area contributed by atoms with Crippen molar-refractivity contribution in [1.29, 1.82) is 0 Å². The summed E-state index contributed by atoms with van der Waals surface area (Å²) in [5.74, 6) is 0.572. The maximum Gasteiger partial charge on any atom is 0.0229 e. The standard InChI is InChI=1S/C17H29N3/c1-14(15-7-5-4-6-8-15)11-17(12-18)20-10-9-16(13-20)19(2)3/h4-8,14,16-17H,9-13,18H2,1-3H3. The number of likely N-dealkylation sites (tertiary alicyclic amines) is 1. The highest BCUT2D eigenvalue weighted by Gasteiger charge is 2.29. The van der Waals surface area contributed by atoms with Gasteiger partial charge in [-0.2, -0.15) is 0 Å². The van der Waals surface area contributed by atoms with Crippen LogP contribution in [0.4, 0.5) is 0 Å². The van der Waals surface area contributed by atoms with Gasteiger partial charge in [0.05, 0.1) is 0 Å². The van der Waals surface area contributed by atoms with Gasteiger partial charge in [0.1, 0.15) is 0 Å². The van der Waals surface area contributed by atoms with Gasteiger partial charge in [-0.1, -0.05) is 37.3 Å². The van der Waals surface area contributed by atoms with Gasteiger partial charge in [0.15, 0.2) is 0 Å². The van der Waals surface area contributed by atoms with Crippen LogP contribution in [0.5, 0.6) is 0 Å². The molecular formula is C17H29N3. The lowest BCUT2D eigenvalue weighted by Crippen LogP contribution is -2.42. The Bertz CT molecular complexity index is 390. The van der Waals surface area contributed by atoms with E-state index >= 15 is 0 Å². The van der Waals surface area contributed by atoms with E-state index in [1.54, 1.807) is 0 Å². The lowest BCUT2D eigenvalue weighted by Gasteiger charge is -2.30. The predicted octanol–water partition coefficient (Wildman–Crippen LogP) is 2.14. The first-order chi connectivity index (χ1) is 9.61. The van der Waals surface area contributed by atoms with Crippen LogP contribution in [-0.2, 0) is 0 Å². The fraction of sp³-hybridized carbons (Fsp3) is 0.647. The highest BCUT2D eigenvalue weighted by atomic mass is 15.2. The molecule has 0 radical (unpaired) electrons. The normalized spacial score (nSPS) is 23.1. The Labute approximate surface area is 123 Å². The van der Waals surface area contributed by atoms with Gasteiger partial charge in [-0.05, 0) is 38.4 Å². The molecule has 112 valence electrons. The molecule has 1 aliphatic heterocycles. The topological polar surface area (TPSA) is 32.5 Å². The minimum Gasteiger partial charge on any atom is -0.329 e. The fourth-order valence-corrected chi connectivity index (χ4v) is 3.24. The highest BCUT2D eigenvalue weighted by Crippen LogP contribution is 2.25. The molecule has 20 heavy (non-hydrogen) atoms. The fourth-order valence-electron chi connectivity index (χ4n) is 3.24. The number of likely N-dealkylation sites (N-methyl/N-ethyl adjacent to an activating group) is 1. The van der Waals surface area contributed by atoms with E-state index < -0.39 is 0 Å². The Morgan fingerprint density at radius 2 is 2.00 bits per heavy atom. The number of nitrogens with two attached hydrogens (primary N) is 1. The number of hydrogen-bond donors (Lipinski definition) is 1. The van der Waals surface area contributed by atoms with Gasteiger partial charge in [-0.15, -0.1) is 0 Å². The van der Waals surface area contributed by atoms with E-state index in [4.69, 9.17) is 5.73 Å². The third kappa shape index (κ3) is 3.81. The van der Waals surface area contributed by atoms with Crippen molar-refractivity contribution in [2.45, 2.75) is 37.8 Å². The van der Waals surface area contributed by atoms with Crippen LogP contribution in [0.25, 0.3) is 0 Å². The van der Waals surface area contributed by atoms with E-state index in [0.29, 0.717) is 18.0 Å². The van der Waals surface area contributed by atoms with E-state index in [1.165, 1.54) is 18.5 Å². The molecule has 2 N–H and O–H groups in total. The minimum atomic E-state index is 0.509. The quantitative estimate of drug-likeness (QED) is 0.863. The summed E-state index contributed by atoms with van der Waals surface area (Å²) in [6.07, 6.45) is 2.42. The third-order valence-electron chi connectivity index (χ3n) is 4.71. The van der Waals surface area contributed by atoms with Gasteiger partial charge in [0, 0.05) is 31.7 Å². The maximum atomic E-state index is 6.05. The maximum absolute atomic E-state index is 6.05. The zero-order valence-corrected chi connectivity index (χ0v) is 13.1. The molecule has 0 saturated carbocycles. The second kappa shape index (κ2) is 7.21. The van der Waals surface area contributed by atoms with Gasteiger partial charge < -0.3 is 10.6 Å². The summed E-state index contributed by atoms with van der Waals surface area (Å²) in [4.78, 5) is 4.93. The Morgan fingerprint density at radius 1 is 1.30 bits per heavy atom. The second-order valence-corrected chi connectivity index (χ2v) is 6.34. The van der Waals surface area contributed by atoms with Crippen LogP contribution in [0.15, 0.2) is 30.3 Å². The molecule has 0 spiro atoms. The van der Waals surface area contributed by atoms with Gasteiger partial charge in [-0.25, -0.2) is 0 Å². The summed E-state index contributed by atoms with van der Waals surface area (Å²) >= 11 is 0. The first-order valence-electron chi connectivity index (χ1n) is 7.77. The van der Waals surface area contributed by atoms with Crippen LogP contribution < -0.4 is 5.73 Å². The summed E-state index contributed by atoms with van der Waals surface area (Å²) in [6.45, 7) is 5.43. The summed E-state index contributed by atoms with van der Waals surface area (Å²) in [5.41, 5.74) is 7.47. The molecule has 2 rings (SSSR count). The monoisotopic (exact) mass is 275 g/mol. The van der Waals surface area contributed by atoms with Crippen LogP contribution >= 0.6 is 0 Å². The van der Waals surface area contributed by atoms with E-state index in [9.17, 15) is 0 Å². The Kier molecular flexibility index (Phi) is 5.58. The van der Waals surface area contributed by atoms with E-state index in [-0.39, 0.29) is 0 Å². The third-order valence-corrected chi connectivity index (χ3v) is 4.71. The molecule has 1 saturated heterocycles. The van der Waals surface area contributed by atoms with Crippen molar-refractivity contribution in [3.63, 3.8) is 0 Å². The molecule has 0 aliphatic carbocycles. The Morgan fingerprint density at radius 3 is 2.55 bits per heavy atom. The van der Waals surface area contributed by atoms with Crippen molar-refractivity contribution in [2.24, 2.45) is 5.73 Å². The van der Waals surface area contributed by atoms with Crippen molar-refractivity contribution >= 4 is 0 Å². The van der Waals surface area contributed by atoms with Crippen LogP contribution in [-0.4, -0.2) is 55.6 Å². The lowest BCUT2D eigenvalue weighted by molar-refractivity contribution is 0.204. The molecule has 3 atom stereocenters. The molecule has 3 unspecified atom stereocenters. The lowest BCUT2D eigenvalue weighted by atomic mass is 9.93. The number of benzene rings is 1. The first-order valence-corrected chi connectivity index (χ1v) is 7.77.